The third kappa shape index (κ3) is 7.29. The molecule has 0 aliphatic heterocycles. The highest BCUT2D eigenvalue weighted by Gasteiger charge is 2.26. The van der Waals surface area contributed by atoms with Gasteiger partial charge in [-0.2, -0.15) is 0 Å². The maximum atomic E-state index is 11.2. The van der Waals surface area contributed by atoms with Crippen LogP contribution in [0.5, 0.6) is 0 Å². The second-order valence-corrected chi connectivity index (χ2v) is 5.57. The van der Waals surface area contributed by atoms with E-state index in [0.29, 0.717) is 0 Å². The van der Waals surface area contributed by atoms with Gasteiger partial charge >= 0.3 is 0 Å². The van der Waals surface area contributed by atoms with Crippen LogP contribution in [0.25, 0.3) is 0 Å². The Morgan fingerprint density at radius 1 is 1.50 bits per heavy atom. The summed E-state index contributed by atoms with van der Waals surface area (Å²) >= 11 is 1.20. The van der Waals surface area contributed by atoms with Crippen molar-refractivity contribution in [3.8, 4) is 0 Å². The molecule has 1 amide bonds. The Morgan fingerprint density at radius 3 is 2.50 bits per heavy atom. The van der Waals surface area contributed by atoms with Crippen LogP contribution >= 0.6 is 11.8 Å². The number of rotatable bonds is 10. The van der Waals surface area contributed by atoms with Crippen molar-refractivity contribution in [2.24, 2.45) is 11.6 Å². The molecule has 0 aromatic carbocycles. The monoisotopic (exact) mass is 338 g/mol. The topological polar surface area (TPSA) is 154 Å². The summed E-state index contributed by atoms with van der Waals surface area (Å²) in [5.74, 6) is 5.17. The Bertz CT molecular complexity index is 369. The number of aliphatic hydroxyl groups is 3. The second-order valence-electron chi connectivity index (χ2n) is 4.63. The molecule has 0 aromatic rings. The van der Waals surface area contributed by atoms with Gasteiger partial charge in [0.15, 0.2) is 0 Å². The van der Waals surface area contributed by atoms with E-state index in [4.69, 9.17) is 21.4 Å². The van der Waals surface area contributed by atoms with Crippen molar-refractivity contribution in [2.45, 2.75) is 30.7 Å². The van der Waals surface area contributed by atoms with Gasteiger partial charge in [0.1, 0.15) is 23.3 Å². The van der Waals surface area contributed by atoms with E-state index in [-0.39, 0.29) is 18.8 Å². The SMILES string of the molecule is CNC(=O)/C(N)=C/N(N)CC(O)C(OC(CO)C(C)O)SC. The van der Waals surface area contributed by atoms with E-state index in [2.05, 4.69) is 5.32 Å². The number of likely N-dealkylation sites (N-methyl/N-ethyl adjacent to an activating group) is 1. The number of thioether (sulfide) groups is 1. The summed E-state index contributed by atoms with van der Waals surface area (Å²) < 4.78 is 5.45. The molecule has 0 aliphatic carbocycles. The van der Waals surface area contributed by atoms with Crippen molar-refractivity contribution in [2.75, 3.05) is 26.5 Å². The van der Waals surface area contributed by atoms with Gasteiger partial charge in [-0.3, -0.25) is 4.79 Å². The summed E-state index contributed by atoms with van der Waals surface area (Å²) in [6.07, 6.45) is 0.174. The number of carbonyl (C=O) groups excluding carboxylic acids is 1. The van der Waals surface area contributed by atoms with Gasteiger partial charge in [-0.05, 0) is 13.2 Å². The Hall–Kier alpha value is -1.04. The number of carbonyl (C=O) groups is 1. The number of nitrogens with one attached hydrogen (secondary N) is 1. The number of nitrogens with two attached hydrogens (primary N) is 2. The number of hydrazine groups is 1. The molecule has 9 nitrogen and oxygen atoms in total. The van der Waals surface area contributed by atoms with Crippen molar-refractivity contribution in [3.05, 3.63) is 11.9 Å². The molecule has 130 valence electrons. The summed E-state index contributed by atoms with van der Waals surface area (Å²) in [5.41, 5.74) is 4.68. The maximum absolute atomic E-state index is 11.2. The molecule has 8 N–H and O–H groups in total. The second kappa shape index (κ2) is 10.6. The zero-order chi connectivity index (χ0) is 17.3. The zero-order valence-corrected chi connectivity index (χ0v) is 13.8. The van der Waals surface area contributed by atoms with Crippen LogP contribution < -0.4 is 16.9 Å². The molecule has 0 aromatic heterocycles. The average molecular weight is 338 g/mol. The van der Waals surface area contributed by atoms with Crippen molar-refractivity contribution < 1.29 is 24.9 Å². The number of aliphatic hydroxyl groups excluding tert-OH is 3. The summed E-state index contributed by atoms with van der Waals surface area (Å²) in [4.78, 5) is 11.2. The van der Waals surface area contributed by atoms with Crippen LogP contribution in [0.15, 0.2) is 11.9 Å². The first-order chi connectivity index (χ1) is 10.3. The number of ether oxygens (including phenoxy) is 1. The van der Waals surface area contributed by atoms with E-state index < -0.39 is 29.7 Å². The van der Waals surface area contributed by atoms with Crippen LogP contribution in [0.3, 0.4) is 0 Å². The van der Waals surface area contributed by atoms with Gasteiger partial charge in [-0.1, -0.05) is 0 Å². The molecule has 0 saturated carbocycles. The smallest absolute Gasteiger partial charge is 0.268 e. The molecular formula is C12H26N4O5S. The molecule has 4 atom stereocenters. The van der Waals surface area contributed by atoms with Gasteiger partial charge in [0.25, 0.3) is 5.91 Å². The van der Waals surface area contributed by atoms with E-state index in [1.807, 2.05) is 0 Å². The Kier molecular flexibility index (Phi) is 10.1. The van der Waals surface area contributed by atoms with Gasteiger partial charge in [-0.25, -0.2) is 5.84 Å². The van der Waals surface area contributed by atoms with Crippen molar-refractivity contribution in [3.63, 3.8) is 0 Å². The molecule has 0 spiro atoms. The fourth-order valence-electron chi connectivity index (χ4n) is 1.52. The predicted octanol–water partition coefficient (Wildman–Crippen LogP) is -2.48. The normalized spacial score (nSPS) is 17.5. The largest absolute Gasteiger partial charge is 0.394 e. The van der Waals surface area contributed by atoms with Gasteiger partial charge in [0, 0.05) is 13.2 Å². The lowest BCUT2D eigenvalue weighted by atomic mass is 10.2. The Morgan fingerprint density at radius 2 is 2.09 bits per heavy atom. The quantitative estimate of drug-likeness (QED) is 0.110. The molecule has 10 heteroatoms. The summed E-state index contributed by atoms with van der Waals surface area (Å²) in [6, 6.07) is 0. The predicted molar refractivity (Wildman–Crippen MR) is 84.2 cm³/mol. The van der Waals surface area contributed by atoms with Crippen LogP contribution in [0.1, 0.15) is 6.92 Å². The highest BCUT2D eigenvalue weighted by molar-refractivity contribution is 7.99. The first-order valence-corrected chi connectivity index (χ1v) is 7.91. The van der Waals surface area contributed by atoms with Gasteiger partial charge in [0.05, 0.1) is 19.3 Å². The average Bonchev–Trinajstić information content (AvgIpc) is 2.46. The van der Waals surface area contributed by atoms with E-state index in [1.165, 1.54) is 31.9 Å². The lowest BCUT2D eigenvalue weighted by Crippen LogP contribution is -2.44. The standard InChI is InChI=1S/C12H26N4O5S/c1-7(18)10(6-17)21-12(22-3)9(19)5-16(14)4-8(13)11(20)15-2/h4,7,9-10,12,17-19H,5-6,13-14H2,1-3H3,(H,15,20)/b8-4-. The third-order valence-electron chi connectivity index (χ3n) is 2.77. The lowest BCUT2D eigenvalue weighted by molar-refractivity contribution is -0.117. The molecule has 0 heterocycles. The van der Waals surface area contributed by atoms with Gasteiger partial charge in [-0.15, -0.1) is 11.8 Å². The molecular weight excluding hydrogens is 312 g/mol. The van der Waals surface area contributed by atoms with E-state index in [0.717, 1.165) is 5.01 Å². The van der Waals surface area contributed by atoms with E-state index in [1.54, 1.807) is 6.26 Å². The molecule has 22 heavy (non-hydrogen) atoms. The highest BCUT2D eigenvalue weighted by atomic mass is 32.2. The molecule has 0 fully saturated rings. The lowest BCUT2D eigenvalue weighted by Gasteiger charge is -2.29. The van der Waals surface area contributed by atoms with Crippen LogP contribution in [0, 0.1) is 0 Å². The van der Waals surface area contributed by atoms with Crippen molar-refractivity contribution in [1.29, 1.82) is 0 Å². The zero-order valence-electron chi connectivity index (χ0n) is 13.0. The fourth-order valence-corrected chi connectivity index (χ4v) is 2.18. The van der Waals surface area contributed by atoms with Crippen LogP contribution in [-0.4, -0.2) is 76.4 Å². The first-order valence-electron chi connectivity index (χ1n) is 6.62. The van der Waals surface area contributed by atoms with E-state index >= 15 is 0 Å². The number of nitrogens with zero attached hydrogens (tertiary/aromatic N) is 1. The van der Waals surface area contributed by atoms with Gasteiger partial charge < -0.3 is 36.1 Å². The first kappa shape index (κ1) is 21.0. The van der Waals surface area contributed by atoms with Gasteiger partial charge in [0.2, 0.25) is 0 Å². The summed E-state index contributed by atoms with van der Waals surface area (Å²) in [5, 5.41) is 32.1. The van der Waals surface area contributed by atoms with Crippen LogP contribution in [0.2, 0.25) is 0 Å². The molecule has 0 rings (SSSR count). The minimum Gasteiger partial charge on any atom is -0.394 e. The van der Waals surface area contributed by atoms with Crippen molar-refractivity contribution in [1.82, 2.24) is 10.3 Å². The number of hydrogen-bond acceptors (Lipinski definition) is 9. The number of hydrogen-bond donors (Lipinski definition) is 6. The van der Waals surface area contributed by atoms with E-state index in [9.17, 15) is 15.0 Å². The summed E-state index contributed by atoms with van der Waals surface area (Å²) in [7, 11) is 1.43. The fraction of sp³-hybridized carbons (Fsp3) is 0.750. The number of amides is 1. The maximum Gasteiger partial charge on any atom is 0.268 e. The molecule has 0 radical (unpaired) electrons. The molecule has 0 aliphatic rings. The molecule has 0 saturated heterocycles. The summed E-state index contributed by atoms with van der Waals surface area (Å²) in [6.45, 7) is 1.05. The minimum absolute atomic E-state index is 0.0544. The molecule has 0 bridgehead atoms. The minimum atomic E-state index is -1.03. The highest BCUT2D eigenvalue weighted by Crippen LogP contribution is 2.17. The Labute approximate surface area is 134 Å². The Balaban J connectivity index is 4.65. The van der Waals surface area contributed by atoms with Crippen LogP contribution in [-0.2, 0) is 9.53 Å². The third-order valence-corrected chi connectivity index (χ3v) is 3.66. The van der Waals surface area contributed by atoms with Crippen LogP contribution in [0.4, 0.5) is 0 Å². The molecule has 4 unspecified atom stereocenters. The van der Waals surface area contributed by atoms with Crippen molar-refractivity contribution >= 4 is 17.7 Å².